The summed E-state index contributed by atoms with van der Waals surface area (Å²) >= 11 is 0. The first-order valence-electron chi connectivity index (χ1n) is 16.6. The van der Waals surface area contributed by atoms with Crippen LogP contribution in [-0.2, 0) is 44.4 Å². The lowest BCUT2D eigenvalue weighted by Gasteiger charge is -2.47. The summed E-state index contributed by atoms with van der Waals surface area (Å²) < 4.78 is 39.7. The van der Waals surface area contributed by atoms with Crippen LogP contribution in [0, 0.1) is 0 Å². The van der Waals surface area contributed by atoms with Gasteiger partial charge < -0.3 is 89.3 Å². The van der Waals surface area contributed by atoms with Crippen molar-refractivity contribution in [3.05, 3.63) is 53.6 Å². The smallest absolute Gasteiger partial charge is 0.331 e. The van der Waals surface area contributed by atoms with Crippen LogP contribution in [0.2, 0.25) is 0 Å². The molecule has 3 fully saturated rings. The summed E-state index contributed by atoms with van der Waals surface area (Å²) in [5, 5.41) is 113. The van der Waals surface area contributed by atoms with Gasteiger partial charge in [-0.05, 0) is 54.8 Å². The number of benzene rings is 2. The Morgan fingerprint density at radius 2 is 1.42 bits per heavy atom. The quantitative estimate of drug-likeness (QED) is 0.0603. The Morgan fingerprint density at radius 1 is 0.755 bits per heavy atom. The minimum absolute atomic E-state index is 0.123. The predicted molar refractivity (Wildman–Crippen MR) is 174 cm³/mol. The van der Waals surface area contributed by atoms with Crippen LogP contribution in [0.25, 0.3) is 6.08 Å². The Kier molecular flexibility index (Phi) is 13.5. The highest BCUT2D eigenvalue weighted by Gasteiger charge is 2.53. The number of phenols is 4. The second-order valence-electron chi connectivity index (χ2n) is 12.8. The molecular weight excluding hydrogens is 712 g/mol. The highest BCUT2D eigenvalue weighted by molar-refractivity contribution is 5.87. The lowest BCUT2D eigenvalue weighted by Crippen LogP contribution is -2.66. The van der Waals surface area contributed by atoms with Crippen LogP contribution in [0.1, 0.15) is 18.1 Å². The van der Waals surface area contributed by atoms with Crippen molar-refractivity contribution in [2.45, 2.75) is 99.4 Å². The number of aliphatic hydroxyl groups excluding tert-OH is 7. The van der Waals surface area contributed by atoms with E-state index in [2.05, 4.69) is 0 Å². The lowest BCUT2D eigenvalue weighted by atomic mass is 9.96. The van der Waals surface area contributed by atoms with Gasteiger partial charge in [-0.15, -0.1) is 0 Å². The number of aliphatic hydroxyl groups is 7. The van der Waals surface area contributed by atoms with Gasteiger partial charge in [0.15, 0.2) is 48.0 Å². The number of aromatic hydroxyl groups is 4. The van der Waals surface area contributed by atoms with Crippen molar-refractivity contribution < 1.29 is 94.1 Å². The average molecular weight is 757 g/mol. The van der Waals surface area contributed by atoms with E-state index in [9.17, 15) is 61.0 Å². The zero-order valence-corrected chi connectivity index (χ0v) is 28.2. The molecule has 0 aliphatic carbocycles. The highest BCUT2D eigenvalue weighted by atomic mass is 16.8. The first kappa shape index (κ1) is 40.5. The average Bonchev–Trinajstić information content (AvgIpc) is 3.13. The third-order valence-corrected chi connectivity index (χ3v) is 8.98. The molecule has 3 aliphatic heterocycles. The molecule has 19 heteroatoms. The van der Waals surface area contributed by atoms with Crippen LogP contribution in [0.15, 0.2) is 42.5 Å². The van der Waals surface area contributed by atoms with E-state index >= 15 is 0 Å². The van der Waals surface area contributed by atoms with Gasteiger partial charge in [-0.2, -0.15) is 0 Å². The van der Waals surface area contributed by atoms with E-state index in [1.165, 1.54) is 49.4 Å². The minimum atomic E-state index is -1.91. The third-order valence-electron chi connectivity index (χ3n) is 8.98. The minimum Gasteiger partial charge on any atom is -0.504 e. The maximum absolute atomic E-state index is 13.0. The van der Waals surface area contributed by atoms with Crippen LogP contribution < -0.4 is 0 Å². The zero-order chi connectivity index (χ0) is 38.6. The molecule has 0 aromatic heterocycles. The summed E-state index contributed by atoms with van der Waals surface area (Å²) in [4.78, 5) is 13.0. The van der Waals surface area contributed by atoms with Crippen LogP contribution in [0.5, 0.6) is 23.0 Å². The fourth-order valence-electron chi connectivity index (χ4n) is 5.99. The molecule has 0 spiro atoms. The van der Waals surface area contributed by atoms with Gasteiger partial charge in [0.2, 0.25) is 0 Å². The largest absolute Gasteiger partial charge is 0.504 e. The Hall–Kier alpha value is -3.67. The molecule has 5 rings (SSSR count). The van der Waals surface area contributed by atoms with Crippen LogP contribution in [0.3, 0.4) is 0 Å². The summed E-state index contributed by atoms with van der Waals surface area (Å²) in [7, 11) is 0. The van der Waals surface area contributed by atoms with E-state index in [1.54, 1.807) is 0 Å². The van der Waals surface area contributed by atoms with Crippen LogP contribution in [-0.4, -0.2) is 168 Å². The Labute approximate surface area is 302 Å². The molecule has 0 radical (unpaired) electrons. The molecule has 0 unspecified atom stereocenters. The summed E-state index contributed by atoms with van der Waals surface area (Å²) in [5.41, 5.74) is 0.849. The van der Waals surface area contributed by atoms with Gasteiger partial charge in [-0.25, -0.2) is 4.79 Å². The molecule has 19 nitrogen and oxygen atoms in total. The van der Waals surface area contributed by atoms with Gasteiger partial charge in [0.1, 0.15) is 54.9 Å². The lowest BCUT2D eigenvalue weighted by molar-refractivity contribution is -0.372. The second kappa shape index (κ2) is 17.6. The molecule has 2 aromatic carbocycles. The van der Waals surface area contributed by atoms with E-state index in [0.717, 1.165) is 6.08 Å². The van der Waals surface area contributed by atoms with Gasteiger partial charge >= 0.3 is 5.97 Å². The number of hydrogen-bond acceptors (Lipinski definition) is 19. The fourth-order valence-corrected chi connectivity index (χ4v) is 5.99. The SMILES string of the molecule is C[C@@H]1O[C@@H](O[C@@H]2[C@@H](O)[C@H](OCCc3ccc(O)c(O)c3)O[C@H](CO)[C@H]2OC(=O)/C=C/c2ccc(O)c(O)c2)[C@H](O)[C@H](O)[C@H]1O[C@@H]1OC[C@@H](O)[C@H](O)[C@H]1O. The summed E-state index contributed by atoms with van der Waals surface area (Å²) in [6.07, 6.45) is -19.7. The third kappa shape index (κ3) is 9.53. The van der Waals surface area contributed by atoms with E-state index < -0.39 is 111 Å². The van der Waals surface area contributed by atoms with Gasteiger partial charge in [0, 0.05) is 6.08 Å². The Morgan fingerprint density at radius 3 is 2.09 bits per heavy atom. The Bertz CT molecular complexity index is 1560. The van der Waals surface area contributed by atoms with Crippen molar-refractivity contribution in [2.75, 3.05) is 19.8 Å². The molecule has 0 amide bonds. The van der Waals surface area contributed by atoms with E-state index in [-0.39, 0.29) is 30.3 Å². The van der Waals surface area contributed by atoms with E-state index in [4.69, 9.17) is 33.2 Å². The normalized spacial score (nSPS) is 36.4. The number of rotatable bonds is 12. The number of carbonyl (C=O) groups excluding carboxylic acids is 1. The van der Waals surface area contributed by atoms with Crippen molar-refractivity contribution in [1.82, 2.24) is 0 Å². The first-order chi connectivity index (χ1) is 25.2. The van der Waals surface area contributed by atoms with E-state index in [0.29, 0.717) is 11.1 Å². The molecule has 11 N–H and O–H groups in total. The predicted octanol–water partition coefficient (Wildman–Crippen LogP) is -2.55. The van der Waals surface area contributed by atoms with Crippen molar-refractivity contribution in [3.63, 3.8) is 0 Å². The van der Waals surface area contributed by atoms with E-state index in [1.807, 2.05) is 0 Å². The Balaban J connectivity index is 1.32. The number of hydrogen-bond donors (Lipinski definition) is 11. The molecule has 53 heavy (non-hydrogen) atoms. The highest BCUT2D eigenvalue weighted by Crippen LogP contribution is 2.34. The maximum Gasteiger partial charge on any atom is 0.331 e. The molecule has 0 bridgehead atoms. The summed E-state index contributed by atoms with van der Waals surface area (Å²) in [5.74, 6) is -2.54. The first-order valence-corrected chi connectivity index (χ1v) is 16.6. The zero-order valence-electron chi connectivity index (χ0n) is 28.2. The molecule has 0 saturated carbocycles. The molecule has 3 saturated heterocycles. The molecule has 3 aliphatic rings. The van der Waals surface area contributed by atoms with Crippen LogP contribution in [0.4, 0.5) is 0 Å². The maximum atomic E-state index is 13.0. The molecule has 2 aromatic rings. The van der Waals surface area contributed by atoms with Crippen molar-refractivity contribution >= 4 is 12.0 Å². The second-order valence-corrected chi connectivity index (χ2v) is 12.8. The molecule has 3 heterocycles. The number of esters is 1. The van der Waals surface area contributed by atoms with Crippen molar-refractivity contribution in [3.8, 4) is 23.0 Å². The summed E-state index contributed by atoms with van der Waals surface area (Å²) in [6, 6.07) is 7.88. The molecule has 14 atom stereocenters. The number of ether oxygens (including phenoxy) is 7. The monoisotopic (exact) mass is 756 g/mol. The standard InChI is InChI=1S/C34H44O19/c1-14-29(52-32-26(44)24(42)21(40)13-48-32)25(43)27(45)34(49-14)53-31-28(46)33(47-9-8-16-3-6-18(37)20(39)11-16)50-22(12-35)30(31)51-23(41)7-4-15-2-5-17(36)19(38)10-15/h2-7,10-11,14,21-22,24-40,42-46H,8-9,12-13H2,1H3/b7-4+/t14-,21+,22+,24-,25-,26+,27+,28+,29-,30+,31+,32-,33+,34-/m0/s1. The summed E-state index contributed by atoms with van der Waals surface area (Å²) in [6.45, 7) is 0.112. The number of carbonyl (C=O) groups is 1. The van der Waals surface area contributed by atoms with Gasteiger partial charge in [-0.1, -0.05) is 12.1 Å². The van der Waals surface area contributed by atoms with Gasteiger partial charge in [0.05, 0.1) is 25.9 Å². The molecule has 294 valence electrons. The molecular formula is C34H44O19. The topological polar surface area (TPSA) is 304 Å². The van der Waals surface area contributed by atoms with Crippen molar-refractivity contribution in [2.24, 2.45) is 0 Å². The van der Waals surface area contributed by atoms with Crippen molar-refractivity contribution in [1.29, 1.82) is 0 Å². The number of phenolic OH excluding ortho intramolecular Hbond substituents is 4. The fraction of sp³-hybridized carbons (Fsp3) is 0.559. The van der Waals surface area contributed by atoms with Gasteiger partial charge in [0.25, 0.3) is 0 Å². The van der Waals surface area contributed by atoms with Gasteiger partial charge in [-0.3, -0.25) is 0 Å². The van der Waals surface area contributed by atoms with Crippen LogP contribution >= 0.6 is 0 Å².